The number of hydrogen-bond donors (Lipinski definition) is 4. The van der Waals surface area contributed by atoms with Crippen LogP contribution in [0.1, 0.15) is 52.7 Å². The summed E-state index contributed by atoms with van der Waals surface area (Å²) in [5.41, 5.74) is 4.30. The predicted molar refractivity (Wildman–Crippen MR) is 204 cm³/mol. The number of urea groups is 1. The first-order valence-electron chi connectivity index (χ1n) is 16.7. The van der Waals surface area contributed by atoms with Gasteiger partial charge in [0.15, 0.2) is 0 Å². The minimum absolute atomic E-state index is 0.0333. The normalized spacial score (nSPS) is 13.1. The maximum Gasteiger partial charge on any atom is 0.488 e. The van der Waals surface area contributed by atoms with Gasteiger partial charge in [0.1, 0.15) is 0 Å². The molecule has 0 radical (unpaired) electrons. The molecule has 16 heteroatoms. The standard InChI is InChI=1S/C37H36BClF3N5O5S/c39-33-16-7-25(22-32(33)37(40,41)42)23-43-45-36(50)47(31-14-12-30(13-15-31)46-18-2-1-3-19-46)35(49)27-6-4-5-26(21-27)24-53-20-17-34(48)44-29-10-8-28(9-11-29)38(51)52/h4-16,21-23,51-52H,1-3,17-20,24H2,(H,44,48)(H,45,50). The molecule has 0 aromatic heterocycles. The lowest BCUT2D eigenvalue weighted by atomic mass is 9.80. The van der Waals surface area contributed by atoms with Crippen molar-refractivity contribution in [3.63, 3.8) is 0 Å². The van der Waals surface area contributed by atoms with Gasteiger partial charge in [0.05, 0.1) is 22.5 Å². The minimum atomic E-state index is -4.68. The number of halogens is 4. The van der Waals surface area contributed by atoms with E-state index < -0.39 is 35.8 Å². The molecule has 0 spiro atoms. The fourth-order valence-electron chi connectivity index (χ4n) is 5.58. The third kappa shape index (κ3) is 11.1. The van der Waals surface area contributed by atoms with Crippen LogP contribution in [0.25, 0.3) is 0 Å². The van der Waals surface area contributed by atoms with Gasteiger partial charge in [0, 0.05) is 48.0 Å². The van der Waals surface area contributed by atoms with Crippen LogP contribution in [-0.4, -0.2) is 60.1 Å². The molecule has 1 saturated heterocycles. The van der Waals surface area contributed by atoms with Crippen LogP contribution in [0, 0.1) is 0 Å². The van der Waals surface area contributed by atoms with Crippen LogP contribution in [-0.2, 0) is 16.7 Å². The number of amides is 4. The molecule has 10 nitrogen and oxygen atoms in total. The summed E-state index contributed by atoms with van der Waals surface area (Å²) in [6.07, 6.45) is -0.145. The first-order chi connectivity index (χ1) is 25.4. The molecule has 53 heavy (non-hydrogen) atoms. The molecule has 1 fully saturated rings. The lowest BCUT2D eigenvalue weighted by molar-refractivity contribution is -0.137. The van der Waals surface area contributed by atoms with E-state index in [4.69, 9.17) is 11.6 Å². The van der Waals surface area contributed by atoms with Gasteiger partial charge in [-0.3, -0.25) is 9.59 Å². The van der Waals surface area contributed by atoms with Crippen LogP contribution in [0.2, 0.25) is 5.02 Å². The topological polar surface area (TPSA) is 135 Å². The smallest absolute Gasteiger partial charge is 0.423 e. The number of nitrogens with one attached hydrogen (secondary N) is 2. The highest BCUT2D eigenvalue weighted by molar-refractivity contribution is 7.98. The summed E-state index contributed by atoms with van der Waals surface area (Å²) < 4.78 is 40.0. The molecule has 0 saturated carbocycles. The predicted octanol–water partition coefficient (Wildman–Crippen LogP) is 6.68. The van der Waals surface area contributed by atoms with E-state index in [-0.39, 0.29) is 29.1 Å². The van der Waals surface area contributed by atoms with Gasteiger partial charge in [-0.05, 0) is 96.5 Å². The Morgan fingerprint density at radius 2 is 1.66 bits per heavy atom. The monoisotopic (exact) mass is 765 g/mol. The van der Waals surface area contributed by atoms with Gasteiger partial charge < -0.3 is 20.3 Å². The van der Waals surface area contributed by atoms with Crippen molar-refractivity contribution in [1.29, 1.82) is 0 Å². The number of alkyl halides is 3. The zero-order chi connectivity index (χ0) is 38.0. The number of carbonyl (C=O) groups excluding carboxylic acids is 3. The summed E-state index contributed by atoms with van der Waals surface area (Å²) in [7, 11) is -1.60. The fraction of sp³-hybridized carbons (Fsp3) is 0.243. The Kier molecular flexibility index (Phi) is 13.6. The Morgan fingerprint density at radius 1 is 0.943 bits per heavy atom. The number of hydrazone groups is 1. The Bertz CT molecular complexity index is 1930. The number of anilines is 3. The lowest BCUT2D eigenvalue weighted by Gasteiger charge is -2.29. The Hall–Kier alpha value is -4.83. The summed E-state index contributed by atoms with van der Waals surface area (Å²) in [4.78, 5) is 43.1. The number of rotatable bonds is 12. The summed E-state index contributed by atoms with van der Waals surface area (Å²) >= 11 is 7.19. The van der Waals surface area contributed by atoms with E-state index in [2.05, 4.69) is 20.7 Å². The van der Waals surface area contributed by atoms with Gasteiger partial charge in [-0.15, -0.1) is 0 Å². The first kappa shape index (κ1) is 39.4. The molecule has 0 bridgehead atoms. The van der Waals surface area contributed by atoms with Gasteiger partial charge in [-0.25, -0.2) is 15.1 Å². The Morgan fingerprint density at radius 3 is 2.34 bits per heavy atom. The van der Waals surface area contributed by atoms with Crippen molar-refractivity contribution >= 4 is 77.1 Å². The van der Waals surface area contributed by atoms with E-state index in [0.29, 0.717) is 22.7 Å². The van der Waals surface area contributed by atoms with E-state index >= 15 is 0 Å². The summed E-state index contributed by atoms with van der Waals surface area (Å²) in [6.45, 7) is 1.80. The quantitative estimate of drug-likeness (QED) is 0.0547. The van der Waals surface area contributed by atoms with Gasteiger partial charge in [0.2, 0.25) is 5.91 Å². The van der Waals surface area contributed by atoms with Crippen LogP contribution in [0.4, 0.5) is 35.0 Å². The van der Waals surface area contributed by atoms with Crippen LogP contribution in [0.5, 0.6) is 0 Å². The van der Waals surface area contributed by atoms with Crippen LogP contribution < -0.4 is 26.0 Å². The second kappa shape index (κ2) is 18.3. The molecular formula is C37H36BClF3N5O5S. The average Bonchev–Trinajstić information content (AvgIpc) is 3.14. The van der Waals surface area contributed by atoms with Crippen LogP contribution in [0.3, 0.4) is 0 Å². The van der Waals surface area contributed by atoms with Crippen molar-refractivity contribution < 1.29 is 37.6 Å². The van der Waals surface area contributed by atoms with Crippen molar-refractivity contribution in [2.24, 2.45) is 5.10 Å². The molecule has 4 aromatic carbocycles. The van der Waals surface area contributed by atoms with Crippen molar-refractivity contribution in [2.75, 3.05) is 34.0 Å². The van der Waals surface area contributed by atoms with E-state index in [0.717, 1.165) is 66.9 Å². The molecular weight excluding hydrogens is 730 g/mol. The zero-order valence-corrected chi connectivity index (χ0v) is 29.9. The number of benzene rings is 4. The zero-order valence-electron chi connectivity index (χ0n) is 28.4. The molecule has 1 heterocycles. The highest BCUT2D eigenvalue weighted by Gasteiger charge is 2.33. The lowest BCUT2D eigenvalue weighted by Crippen LogP contribution is -2.42. The SMILES string of the molecule is O=C(CCSCc1cccc(C(=O)N(C(=O)NN=Cc2ccc(Cl)c(C(F)(F)F)c2)c2ccc(N3CCCCC3)cc2)c1)Nc1ccc(B(O)O)cc1. The Labute approximate surface area is 314 Å². The highest BCUT2D eigenvalue weighted by Crippen LogP contribution is 2.35. The number of hydrogen-bond acceptors (Lipinski definition) is 8. The van der Waals surface area contributed by atoms with E-state index in [1.807, 2.05) is 18.2 Å². The number of thioether (sulfide) groups is 1. The second-order valence-electron chi connectivity index (χ2n) is 12.2. The number of piperidine rings is 1. The fourth-order valence-corrected chi connectivity index (χ4v) is 6.70. The largest absolute Gasteiger partial charge is 0.488 e. The maximum atomic E-state index is 14.0. The summed E-state index contributed by atoms with van der Waals surface area (Å²) in [6, 6.07) is 22.2. The molecule has 4 aromatic rings. The number of carbonyl (C=O) groups is 3. The maximum absolute atomic E-state index is 14.0. The van der Waals surface area contributed by atoms with Gasteiger partial charge >= 0.3 is 19.3 Å². The van der Waals surface area contributed by atoms with Crippen molar-refractivity contribution in [3.8, 4) is 0 Å². The van der Waals surface area contributed by atoms with Gasteiger partial charge in [-0.1, -0.05) is 41.9 Å². The van der Waals surface area contributed by atoms with E-state index in [1.165, 1.54) is 30.0 Å². The molecule has 4 N–H and O–H groups in total. The molecule has 4 amide bonds. The van der Waals surface area contributed by atoms with Gasteiger partial charge in [-0.2, -0.15) is 30.0 Å². The molecule has 276 valence electrons. The van der Waals surface area contributed by atoms with Gasteiger partial charge in [0.25, 0.3) is 5.91 Å². The first-order valence-corrected chi connectivity index (χ1v) is 18.2. The van der Waals surface area contributed by atoms with Crippen molar-refractivity contribution in [3.05, 3.63) is 118 Å². The summed E-state index contributed by atoms with van der Waals surface area (Å²) in [5, 5.41) is 24.6. The third-order valence-electron chi connectivity index (χ3n) is 8.31. The van der Waals surface area contributed by atoms with Crippen molar-refractivity contribution in [2.45, 2.75) is 37.6 Å². The molecule has 5 rings (SSSR count). The second-order valence-corrected chi connectivity index (χ2v) is 13.7. The molecule has 0 aliphatic carbocycles. The minimum Gasteiger partial charge on any atom is -0.423 e. The average molecular weight is 766 g/mol. The van der Waals surface area contributed by atoms with Crippen LogP contribution in [0.15, 0.2) is 96.1 Å². The molecule has 0 atom stereocenters. The van der Waals surface area contributed by atoms with E-state index in [9.17, 15) is 37.6 Å². The number of imide groups is 1. The van der Waals surface area contributed by atoms with Crippen LogP contribution >= 0.6 is 23.4 Å². The third-order valence-corrected chi connectivity index (χ3v) is 9.67. The number of nitrogens with zero attached hydrogens (tertiary/aromatic N) is 3. The van der Waals surface area contributed by atoms with Crippen molar-refractivity contribution in [1.82, 2.24) is 5.43 Å². The molecule has 1 aliphatic heterocycles. The molecule has 0 unspecified atom stereocenters. The molecule has 1 aliphatic rings. The highest BCUT2D eigenvalue weighted by atomic mass is 35.5. The Balaban J connectivity index is 1.26. The summed E-state index contributed by atoms with van der Waals surface area (Å²) in [5.74, 6) is 0.0803. The van der Waals surface area contributed by atoms with E-state index in [1.54, 1.807) is 42.5 Å².